The Bertz CT molecular complexity index is 423. The van der Waals surface area contributed by atoms with Gasteiger partial charge in [-0.25, -0.2) is 4.98 Å². The van der Waals surface area contributed by atoms with Gasteiger partial charge in [-0.1, -0.05) is 6.42 Å². The Hall–Kier alpha value is -0.850. The van der Waals surface area contributed by atoms with Crippen molar-refractivity contribution in [2.45, 2.75) is 44.8 Å². The molecule has 0 radical (unpaired) electrons. The van der Waals surface area contributed by atoms with Crippen molar-refractivity contribution < 1.29 is 9.53 Å². The molecule has 1 aromatic heterocycles. The maximum atomic E-state index is 11.7. The molecule has 1 aliphatic carbocycles. The molecule has 1 heterocycles. The summed E-state index contributed by atoms with van der Waals surface area (Å²) in [5, 5.41) is 0.573. The van der Waals surface area contributed by atoms with E-state index in [0.29, 0.717) is 11.2 Å². The molecule has 1 unspecified atom stereocenters. The van der Waals surface area contributed by atoms with Gasteiger partial charge in [0.25, 0.3) is 0 Å². The summed E-state index contributed by atoms with van der Waals surface area (Å²) >= 11 is 1.48. The molecule has 0 aromatic carbocycles. The van der Waals surface area contributed by atoms with Crippen LogP contribution in [0.1, 0.15) is 31.1 Å². The molecule has 1 fully saturated rings. The second kappa shape index (κ2) is 7.07. The van der Waals surface area contributed by atoms with E-state index < -0.39 is 0 Å². The van der Waals surface area contributed by atoms with Gasteiger partial charge >= 0.3 is 5.97 Å². The molecule has 0 aliphatic heterocycles. The molecule has 1 aliphatic rings. The molecule has 1 saturated carbocycles. The third-order valence-electron chi connectivity index (χ3n) is 3.49. The predicted molar refractivity (Wildman–Crippen MR) is 78.4 cm³/mol. The van der Waals surface area contributed by atoms with Crippen LogP contribution in [0.15, 0.2) is 6.20 Å². The average molecular weight is 306 g/mol. The lowest BCUT2D eigenvalue weighted by Gasteiger charge is -2.39. The van der Waals surface area contributed by atoms with Gasteiger partial charge in [0.1, 0.15) is 6.04 Å². The monoisotopic (exact) mass is 305 g/mol. The van der Waals surface area contributed by atoms with Crippen LogP contribution in [0.4, 0.5) is 5.13 Å². The maximum Gasteiger partial charge on any atom is 0.322 e. The molecule has 19 heavy (non-hydrogen) atoms. The number of esters is 1. The van der Waals surface area contributed by atoms with Crippen molar-refractivity contribution in [3.63, 3.8) is 0 Å². The van der Waals surface area contributed by atoms with E-state index in [2.05, 4.69) is 9.88 Å². The van der Waals surface area contributed by atoms with E-state index in [1.807, 2.05) is 6.92 Å². The van der Waals surface area contributed by atoms with Crippen LogP contribution >= 0.6 is 23.7 Å². The van der Waals surface area contributed by atoms with Crippen molar-refractivity contribution in [3.8, 4) is 0 Å². The number of ether oxygens (including phenoxy) is 1. The van der Waals surface area contributed by atoms with Crippen LogP contribution in [0, 0.1) is 0 Å². The first-order chi connectivity index (χ1) is 8.61. The van der Waals surface area contributed by atoms with Gasteiger partial charge in [-0.15, -0.1) is 23.7 Å². The Balaban J connectivity index is 0.00000180. The number of carbonyl (C=O) groups is 1. The Labute approximate surface area is 123 Å². The zero-order valence-corrected chi connectivity index (χ0v) is 12.8. The zero-order valence-electron chi connectivity index (χ0n) is 11.2. The lowest BCUT2D eigenvalue weighted by Crippen LogP contribution is -2.48. The van der Waals surface area contributed by atoms with Gasteiger partial charge in [0, 0.05) is 23.7 Å². The largest absolute Gasteiger partial charge is 0.468 e. The van der Waals surface area contributed by atoms with E-state index in [1.54, 1.807) is 6.20 Å². The number of halogens is 1. The van der Waals surface area contributed by atoms with Crippen LogP contribution in [-0.2, 0) is 16.1 Å². The first-order valence-electron chi connectivity index (χ1n) is 6.15. The van der Waals surface area contributed by atoms with Crippen LogP contribution in [0.25, 0.3) is 0 Å². The minimum Gasteiger partial charge on any atom is -0.468 e. The zero-order chi connectivity index (χ0) is 13.1. The number of methoxy groups -OCH3 is 1. The molecule has 1 aromatic rings. The second-order valence-corrected chi connectivity index (χ2v) is 5.77. The number of thiazole rings is 1. The minimum atomic E-state index is -0.219. The highest BCUT2D eigenvalue weighted by Crippen LogP contribution is 2.29. The van der Waals surface area contributed by atoms with Crippen molar-refractivity contribution in [1.29, 1.82) is 0 Å². The number of rotatable bonds is 5. The summed E-state index contributed by atoms with van der Waals surface area (Å²) in [5.41, 5.74) is 5.64. The number of hydrogen-bond acceptors (Lipinski definition) is 6. The van der Waals surface area contributed by atoms with Crippen LogP contribution in [0.5, 0.6) is 0 Å². The molecular weight excluding hydrogens is 286 g/mol. The van der Waals surface area contributed by atoms with E-state index in [-0.39, 0.29) is 24.4 Å². The summed E-state index contributed by atoms with van der Waals surface area (Å²) in [6.07, 6.45) is 5.32. The molecule has 2 N–H and O–H groups in total. The number of anilines is 1. The topological polar surface area (TPSA) is 68.5 Å². The number of aromatic nitrogens is 1. The van der Waals surface area contributed by atoms with Gasteiger partial charge in [0.15, 0.2) is 5.13 Å². The molecular formula is C12H20ClN3O2S. The van der Waals surface area contributed by atoms with Gasteiger partial charge in [-0.3, -0.25) is 9.69 Å². The van der Waals surface area contributed by atoms with E-state index in [0.717, 1.165) is 24.3 Å². The van der Waals surface area contributed by atoms with Gasteiger partial charge in [0.2, 0.25) is 0 Å². The fourth-order valence-electron chi connectivity index (χ4n) is 2.18. The van der Waals surface area contributed by atoms with Crippen molar-refractivity contribution in [1.82, 2.24) is 9.88 Å². The summed E-state index contributed by atoms with van der Waals surface area (Å²) < 4.78 is 4.84. The average Bonchev–Trinajstić information content (AvgIpc) is 2.69. The molecule has 1 atom stereocenters. The molecule has 0 bridgehead atoms. The third kappa shape index (κ3) is 3.81. The lowest BCUT2D eigenvalue weighted by atomic mass is 9.90. The summed E-state index contributed by atoms with van der Waals surface area (Å²) in [5.74, 6) is -0.181. The van der Waals surface area contributed by atoms with Gasteiger partial charge in [0.05, 0.1) is 7.11 Å². The Morgan fingerprint density at radius 3 is 2.79 bits per heavy atom. The van der Waals surface area contributed by atoms with E-state index >= 15 is 0 Å². The van der Waals surface area contributed by atoms with E-state index in [1.165, 1.54) is 24.9 Å². The van der Waals surface area contributed by atoms with Crippen molar-refractivity contribution in [3.05, 3.63) is 11.1 Å². The van der Waals surface area contributed by atoms with E-state index in [9.17, 15) is 4.79 Å². The summed E-state index contributed by atoms with van der Waals surface area (Å²) in [6, 6.07) is 0.256. The van der Waals surface area contributed by atoms with Gasteiger partial charge in [-0.2, -0.15) is 0 Å². The second-order valence-electron chi connectivity index (χ2n) is 4.62. The van der Waals surface area contributed by atoms with E-state index in [4.69, 9.17) is 10.5 Å². The smallest absolute Gasteiger partial charge is 0.322 e. The Morgan fingerprint density at radius 2 is 2.37 bits per heavy atom. The van der Waals surface area contributed by atoms with Crippen molar-refractivity contribution >= 4 is 34.8 Å². The molecule has 2 rings (SSSR count). The highest BCUT2D eigenvalue weighted by atomic mass is 35.5. The standard InChI is InChI=1S/C12H19N3O2S.ClH/c1-8(11(16)17-2)15(9-4-3-5-9)7-10-6-14-12(13)18-10;/h6,8-9H,3-5,7H2,1-2H3,(H2,13,14);1H. The quantitative estimate of drug-likeness (QED) is 0.843. The van der Waals surface area contributed by atoms with Crippen molar-refractivity contribution in [2.75, 3.05) is 12.8 Å². The molecule has 7 heteroatoms. The fraction of sp³-hybridized carbons (Fsp3) is 0.667. The molecule has 0 saturated heterocycles. The normalized spacial score (nSPS) is 16.6. The highest BCUT2D eigenvalue weighted by molar-refractivity contribution is 7.15. The molecule has 108 valence electrons. The fourth-order valence-corrected chi connectivity index (χ4v) is 2.88. The highest BCUT2D eigenvalue weighted by Gasteiger charge is 2.32. The Kier molecular flexibility index (Phi) is 6.03. The van der Waals surface area contributed by atoms with Gasteiger partial charge in [-0.05, 0) is 19.8 Å². The Morgan fingerprint density at radius 1 is 1.68 bits per heavy atom. The third-order valence-corrected chi connectivity index (χ3v) is 4.30. The van der Waals surface area contributed by atoms with Crippen LogP contribution in [0.3, 0.4) is 0 Å². The van der Waals surface area contributed by atoms with Crippen LogP contribution < -0.4 is 5.73 Å². The maximum absolute atomic E-state index is 11.7. The van der Waals surface area contributed by atoms with Crippen LogP contribution in [0.2, 0.25) is 0 Å². The SMILES string of the molecule is COC(=O)C(C)N(Cc1cnc(N)s1)C1CCC1.Cl. The van der Waals surface area contributed by atoms with Crippen LogP contribution in [-0.4, -0.2) is 35.0 Å². The number of hydrogen-bond donors (Lipinski definition) is 1. The summed E-state index contributed by atoms with van der Waals surface area (Å²) in [6.45, 7) is 2.62. The van der Waals surface area contributed by atoms with Crippen molar-refractivity contribution in [2.24, 2.45) is 0 Å². The summed E-state index contributed by atoms with van der Waals surface area (Å²) in [7, 11) is 1.43. The first-order valence-corrected chi connectivity index (χ1v) is 6.97. The number of nitrogen functional groups attached to an aromatic ring is 1. The summed E-state index contributed by atoms with van der Waals surface area (Å²) in [4.78, 5) is 19.0. The molecule has 0 spiro atoms. The first kappa shape index (κ1) is 16.2. The number of nitrogens with zero attached hydrogens (tertiary/aromatic N) is 2. The predicted octanol–water partition coefficient (Wildman–Crippen LogP) is 2.06. The van der Waals surface area contributed by atoms with Gasteiger partial charge < -0.3 is 10.5 Å². The number of carbonyl (C=O) groups excluding carboxylic acids is 1. The molecule has 0 amide bonds. The number of nitrogens with two attached hydrogens (primary N) is 1. The molecule has 5 nitrogen and oxygen atoms in total. The lowest BCUT2D eigenvalue weighted by molar-refractivity contribution is -0.148. The minimum absolute atomic E-state index is 0.